The quantitative estimate of drug-likeness (QED) is 0.165. The van der Waals surface area contributed by atoms with E-state index in [0.717, 1.165) is 36.6 Å². The van der Waals surface area contributed by atoms with Crippen LogP contribution in [0.5, 0.6) is 5.75 Å². The summed E-state index contributed by atoms with van der Waals surface area (Å²) in [5.74, 6) is -0.523. The molecule has 0 radical (unpaired) electrons. The monoisotopic (exact) mass is 938 g/mol. The number of fused-ring (bicyclic) bond motifs is 6. The number of amides is 3. The highest BCUT2D eigenvalue weighted by atomic mass is 19.1. The molecule has 18 heteroatoms. The summed E-state index contributed by atoms with van der Waals surface area (Å²) in [6.07, 6.45) is 6.15. The van der Waals surface area contributed by atoms with Gasteiger partial charge in [-0.15, -0.1) is 0 Å². The number of halogens is 2. The number of carbonyl (C=O) groups excluding carboxylic acids is 2. The van der Waals surface area contributed by atoms with Gasteiger partial charge in [0.1, 0.15) is 40.9 Å². The molecule has 2 aliphatic carbocycles. The molecule has 356 valence electrons. The highest BCUT2D eigenvalue weighted by molar-refractivity contribution is 6.10. The van der Waals surface area contributed by atoms with Gasteiger partial charge in [0.15, 0.2) is 11.6 Å². The zero-order valence-electron chi connectivity index (χ0n) is 39.3. The Morgan fingerprint density at radius 1 is 0.942 bits per heavy atom. The first-order valence-corrected chi connectivity index (χ1v) is 24.1. The molecule has 0 bridgehead atoms. The predicted molar refractivity (Wildman–Crippen MR) is 251 cm³/mol. The molecule has 4 aromatic heterocycles. The first-order chi connectivity index (χ1) is 33.1. The Bertz CT molecular complexity index is 3390. The van der Waals surface area contributed by atoms with Gasteiger partial charge >= 0.3 is 11.8 Å². The molecule has 3 amide bonds. The van der Waals surface area contributed by atoms with Crippen LogP contribution >= 0.6 is 0 Å². The Morgan fingerprint density at radius 3 is 2.43 bits per heavy atom. The molecule has 4 aliphatic heterocycles. The molecule has 4 fully saturated rings. The summed E-state index contributed by atoms with van der Waals surface area (Å²) in [6.45, 7) is 12.8. The van der Waals surface area contributed by atoms with Crippen LogP contribution in [0.4, 0.5) is 25.1 Å². The van der Waals surface area contributed by atoms with Crippen LogP contribution in [0.3, 0.4) is 0 Å². The van der Waals surface area contributed by atoms with Crippen LogP contribution in [0.2, 0.25) is 0 Å². The lowest BCUT2D eigenvalue weighted by Crippen LogP contribution is -2.42. The Morgan fingerprint density at radius 2 is 1.72 bits per heavy atom. The van der Waals surface area contributed by atoms with Crippen molar-refractivity contribution in [2.75, 3.05) is 36.1 Å². The van der Waals surface area contributed by atoms with Crippen molar-refractivity contribution in [3.63, 3.8) is 0 Å². The number of aromatic nitrogens is 7. The smallest absolute Gasteiger partial charge is 0.438 e. The van der Waals surface area contributed by atoms with Crippen LogP contribution in [0.15, 0.2) is 58.0 Å². The van der Waals surface area contributed by atoms with Crippen molar-refractivity contribution in [2.45, 2.75) is 115 Å². The first-order valence-electron chi connectivity index (χ1n) is 24.1. The lowest BCUT2D eigenvalue weighted by molar-refractivity contribution is -0.0592. The molecule has 69 heavy (non-hydrogen) atoms. The van der Waals surface area contributed by atoms with E-state index in [-0.39, 0.29) is 59.8 Å². The molecule has 0 unspecified atom stereocenters. The van der Waals surface area contributed by atoms with E-state index in [1.54, 1.807) is 41.6 Å². The molecule has 2 saturated carbocycles. The molecule has 8 heterocycles. The molecule has 13 rings (SSSR count). The normalized spacial score (nSPS) is 25.0. The molecule has 16 nitrogen and oxygen atoms in total. The SMILES string of the molecule is Cc1cc(-n2nc3c(c2N2C[C@@H]4COc5cc6c(cnn6C6CC6)c(F)c5N4C2=O)[C@H](C)N(C(=O)c2cc4cc([C@H]5CCOC(C)(C)C5)ccc4n2[C@@]2(c4noc(=O)[nH]4)C[C@@H]2C)CC3)cc(C)c1F. The number of hydrogen-bond acceptors (Lipinski definition) is 9. The van der Waals surface area contributed by atoms with Gasteiger partial charge in [0.2, 0.25) is 0 Å². The van der Waals surface area contributed by atoms with Gasteiger partial charge in [-0.1, -0.05) is 18.1 Å². The predicted octanol–water partition coefficient (Wildman–Crippen LogP) is 8.51. The van der Waals surface area contributed by atoms with Gasteiger partial charge in [0.05, 0.1) is 58.8 Å². The lowest BCUT2D eigenvalue weighted by Gasteiger charge is -2.35. The third-order valence-electron chi connectivity index (χ3n) is 15.9. The van der Waals surface area contributed by atoms with Crippen molar-refractivity contribution < 1.29 is 32.4 Å². The third kappa shape index (κ3) is 6.18. The number of rotatable bonds is 7. The molecular formula is C51H52F2N10O6. The summed E-state index contributed by atoms with van der Waals surface area (Å²) in [7, 11) is 0. The van der Waals surface area contributed by atoms with E-state index in [4.69, 9.17) is 19.1 Å². The number of hydrogen-bond donors (Lipinski definition) is 1. The highest BCUT2D eigenvalue weighted by Crippen LogP contribution is 2.56. The number of nitrogens with one attached hydrogen (secondary N) is 1. The van der Waals surface area contributed by atoms with Crippen molar-refractivity contribution in [3.8, 4) is 11.4 Å². The van der Waals surface area contributed by atoms with E-state index < -0.39 is 35.2 Å². The number of anilines is 2. The van der Waals surface area contributed by atoms with Crippen LogP contribution in [-0.2, 0) is 16.7 Å². The lowest BCUT2D eigenvalue weighted by atomic mass is 9.83. The summed E-state index contributed by atoms with van der Waals surface area (Å²) in [4.78, 5) is 51.1. The maximum atomic E-state index is 16.8. The molecule has 0 spiro atoms. The van der Waals surface area contributed by atoms with E-state index in [1.165, 1.54) is 16.7 Å². The van der Waals surface area contributed by atoms with Crippen molar-refractivity contribution >= 4 is 45.2 Å². The molecule has 7 aromatic rings. The van der Waals surface area contributed by atoms with Gasteiger partial charge in [-0.05, 0) is 126 Å². The minimum Gasteiger partial charge on any atom is -0.489 e. The third-order valence-corrected chi connectivity index (χ3v) is 15.9. The van der Waals surface area contributed by atoms with Crippen molar-refractivity contribution in [1.29, 1.82) is 0 Å². The Balaban J connectivity index is 0.930. The maximum Gasteiger partial charge on any atom is 0.438 e. The van der Waals surface area contributed by atoms with E-state index in [2.05, 4.69) is 54.2 Å². The van der Waals surface area contributed by atoms with Gasteiger partial charge in [0, 0.05) is 42.1 Å². The van der Waals surface area contributed by atoms with Crippen LogP contribution in [0, 0.1) is 31.4 Å². The van der Waals surface area contributed by atoms with E-state index in [1.807, 2.05) is 27.1 Å². The number of H-pyrrole nitrogens is 1. The Labute approximate surface area is 394 Å². The summed E-state index contributed by atoms with van der Waals surface area (Å²) in [5, 5.41) is 15.1. The van der Waals surface area contributed by atoms with Crippen LogP contribution in [-0.4, -0.2) is 89.1 Å². The molecular weight excluding hydrogens is 887 g/mol. The minimum atomic E-state index is -0.859. The van der Waals surface area contributed by atoms with Gasteiger partial charge in [-0.25, -0.2) is 23.1 Å². The molecule has 5 atom stereocenters. The van der Waals surface area contributed by atoms with E-state index in [0.29, 0.717) is 82.3 Å². The summed E-state index contributed by atoms with van der Waals surface area (Å²) < 4.78 is 55.1. The standard InChI is InChI=1S/C51H52F2N10O6/c1-25-15-33(16-26(2)42(25)52)63-45(59-23-34-24-67-40-19-38-35(22-54-62(38)32-8-9-32)43(53)44(40)60(34)49(59)66)41-28(4)58(13-11-36(41)56-63)46(64)39-18-31-17-29(30-12-14-68-50(5,6)21-30)7-10-37(31)61(39)51(20-27(51)3)47-55-48(65)69-57-47/h7,10,15-19,22,27-28,30,32,34H,8-9,11-14,20-21,23-24H2,1-6H3,(H,55,57,65)/t27-,28-,30-,34+,51-/m0/s1. The molecule has 3 aromatic carbocycles. The van der Waals surface area contributed by atoms with Gasteiger partial charge in [-0.2, -0.15) is 10.2 Å². The van der Waals surface area contributed by atoms with Crippen LogP contribution in [0.1, 0.15) is 122 Å². The fraction of sp³-hybridized carbons (Fsp3) is 0.451. The molecule has 1 N–H and O–H groups in total. The summed E-state index contributed by atoms with van der Waals surface area (Å²) >= 11 is 0. The first kappa shape index (κ1) is 42.3. The van der Waals surface area contributed by atoms with Crippen LogP contribution < -0.4 is 20.3 Å². The van der Waals surface area contributed by atoms with E-state index in [9.17, 15) is 4.79 Å². The molecule has 6 aliphatic rings. The number of nitrogens with zero attached hydrogens (tertiary/aromatic N) is 9. The summed E-state index contributed by atoms with van der Waals surface area (Å²) in [6, 6.07) is 12.1. The average Bonchev–Trinajstić information content (AvgIpc) is 3.88. The van der Waals surface area contributed by atoms with Crippen LogP contribution in [0.25, 0.3) is 27.5 Å². The number of urea groups is 1. The summed E-state index contributed by atoms with van der Waals surface area (Å²) in [5.41, 5.74) is 4.70. The zero-order valence-corrected chi connectivity index (χ0v) is 39.3. The second-order valence-corrected chi connectivity index (χ2v) is 20.9. The topological polar surface area (TPSA) is 162 Å². The molecule has 2 saturated heterocycles. The second-order valence-electron chi connectivity index (χ2n) is 20.9. The Hall–Kier alpha value is -6.82. The maximum absolute atomic E-state index is 16.8. The van der Waals surface area contributed by atoms with Gasteiger partial charge in [-0.3, -0.25) is 28.8 Å². The fourth-order valence-corrected chi connectivity index (χ4v) is 12.2. The van der Waals surface area contributed by atoms with Crippen molar-refractivity contribution in [2.24, 2.45) is 5.92 Å². The van der Waals surface area contributed by atoms with Crippen molar-refractivity contribution in [1.82, 2.24) is 39.2 Å². The largest absolute Gasteiger partial charge is 0.489 e. The second kappa shape index (κ2) is 14.6. The number of benzene rings is 3. The average molecular weight is 939 g/mol. The number of aryl methyl sites for hydroxylation is 2. The highest BCUT2D eigenvalue weighted by Gasteiger charge is 2.59. The number of ether oxygens (including phenoxy) is 2. The van der Waals surface area contributed by atoms with Gasteiger partial charge in [0.25, 0.3) is 5.91 Å². The number of aromatic amines is 1. The van der Waals surface area contributed by atoms with Crippen molar-refractivity contribution in [3.05, 3.63) is 110 Å². The minimum absolute atomic E-state index is 0.00153. The number of carbonyl (C=O) groups is 2. The fourth-order valence-electron chi connectivity index (χ4n) is 12.2. The van der Waals surface area contributed by atoms with E-state index >= 15 is 18.4 Å². The van der Waals surface area contributed by atoms with Gasteiger partial charge < -0.3 is 18.9 Å². The Kier molecular flexibility index (Phi) is 8.95. The zero-order chi connectivity index (χ0) is 47.6.